The number of fused-ring (bicyclic) bond motifs is 3. The lowest BCUT2D eigenvalue weighted by Crippen LogP contribution is -2.57. The Morgan fingerprint density at radius 2 is 2.10 bits per heavy atom. The van der Waals surface area contributed by atoms with E-state index in [4.69, 9.17) is 5.73 Å². The lowest BCUT2D eigenvalue weighted by atomic mass is 9.85. The van der Waals surface area contributed by atoms with E-state index in [0.29, 0.717) is 10.4 Å². The maximum absolute atomic E-state index is 12.5. The normalized spacial score (nSPS) is 29.6. The second kappa shape index (κ2) is 5.25. The van der Waals surface area contributed by atoms with Crippen LogP contribution >= 0.6 is 15.9 Å². The van der Waals surface area contributed by atoms with Crippen molar-refractivity contribution < 1.29 is 8.42 Å². The SMILES string of the molecule is Nc1ncc(Br)cc1S(=O)(=O)NC1CN2CCC1CC2. The molecule has 20 heavy (non-hydrogen) atoms. The molecule has 4 heterocycles. The van der Waals surface area contributed by atoms with Crippen LogP contribution in [0.15, 0.2) is 21.6 Å². The number of hydrogen-bond acceptors (Lipinski definition) is 5. The lowest BCUT2D eigenvalue weighted by molar-refractivity contribution is 0.0827. The molecule has 3 saturated heterocycles. The summed E-state index contributed by atoms with van der Waals surface area (Å²) < 4.78 is 28.4. The number of nitrogens with zero attached hydrogens (tertiary/aromatic N) is 2. The van der Waals surface area contributed by atoms with Gasteiger partial charge in [-0.2, -0.15) is 0 Å². The Morgan fingerprint density at radius 3 is 2.70 bits per heavy atom. The zero-order valence-corrected chi connectivity index (χ0v) is 13.3. The Bertz CT molecular complexity index is 614. The van der Waals surface area contributed by atoms with Gasteiger partial charge in [-0.1, -0.05) is 0 Å². The van der Waals surface area contributed by atoms with E-state index in [-0.39, 0.29) is 16.8 Å². The summed E-state index contributed by atoms with van der Waals surface area (Å²) in [6, 6.07) is 1.47. The van der Waals surface area contributed by atoms with Gasteiger partial charge in [0.25, 0.3) is 0 Å². The number of piperidine rings is 3. The number of anilines is 1. The van der Waals surface area contributed by atoms with Gasteiger partial charge in [-0.15, -0.1) is 0 Å². The van der Waals surface area contributed by atoms with Crippen molar-refractivity contribution >= 4 is 31.8 Å². The van der Waals surface area contributed by atoms with Gasteiger partial charge in [0.05, 0.1) is 0 Å². The largest absolute Gasteiger partial charge is 0.383 e. The highest BCUT2D eigenvalue weighted by Crippen LogP contribution is 2.29. The number of nitrogens with one attached hydrogen (secondary N) is 1. The molecule has 0 amide bonds. The summed E-state index contributed by atoms with van der Waals surface area (Å²) in [6.45, 7) is 2.93. The average molecular weight is 361 g/mol. The predicted octanol–water partition coefficient (Wildman–Crippen LogP) is 0.799. The minimum absolute atomic E-state index is 0.0270. The quantitative estimate of drug-likeness (QED) is 0.832. The minimum atomic E-state index is -3.63. The molecule has 1 atom stereocenters. The Hall–Kier alpha value is -0.700. The number of sulfonamides is 1. The average Bonchev–Trinajstić information content (AvgIpc) is 2.42. The standard InChI is InChI=1S/C12H17BrN4O2S/c13-9-5-11(12(14)15-6-9)20(18,19)16-10-7-17-3-1-8(10)2-4-17/h5-6,8,10,16H,1-4,7H2,(H2,14,15). The molecule has 4 rings (SSSR count). The number of nitrogen functional groups attached to an aromatic ring is 1. The number of nitrogens with two attached hydrogens (primary N) is 1. The van der Waals surface area contributed by atoms with Crippen LogP contribution in [0.3, 0.4) is 0 Å². The first-order valence-corrected chi connectivity index (χ1v) is 8.89. The summed E-state index contributed by atoms with van der Waals surface area (Å²) in [4.78, 5) is 6.23. The van der Waals surface area contributed by atoms with Crippen LogP contribution in [-0.4, -0.2) is 44.0 Å². The van der Waals surface area contributed by atoms with Crippen molar-refractivity contribution in [2.75, 3.05) is 25.4 Å². The van der Waals surface area contributed by atoms with Crippen molar-refractivity contribution in [2.24, 2.45) is 5.92 Å². The third-order valence-electron chi connectivity index (χ3n) is 4.10. The Balaban J connectivity index is 1.84. The van der Waals surface area contributed by atoms with E-state index in [1.807, 2.05) is 0 Å². The molecule has 6 nitrogen and oxygen atoms in total. The van der Waals surface area contributed by atoms with Crippen LogP contribution < -0.4 is 10.5 Å². The molecule has 0 saturated carbocycles. The zero-order valence-electron chi connectivity index (χ0n) is 10.9. The van der Waals surface area contributed by atoms with Gasteiger partial charge in [-0.3, -0.25) is 0 Å². The van der Waals surface area contributed by atoms with Gasteiger partial charge in [0.15, 0.2) is 0 Å². The zero-order chi connectivity index (χ0) is 14.3. The number of hydrogen-bond donors (Lipinski definition) is 2. The number of halogens is 1. The molecule has 0 aromatic carbocycles. The molecule has 3 fully saturated rings. The van der Waals surface area contributed by atoms with Gasteiger partial charge in [0, 0.05) is 23.3 Å². The molecule has 1 unspecified atom stereocenters. The molecule has 2 bridgehead atoms. The first-order valence-electron chi connectivity index (χ1n) is 6.61. The van der Waals surface area contributed by atoms with Crippen LogP contribution in [0.25, 0.3) is 0 Å². The lowest BCUT2D eigenvalue weighted by Gasteiger charge is -2.44. The summed E-state index contributed by atoms with van der Waals surface area (Å²) in [6.07, 6.45) is 3.60. The highest BCUT2D eigenvalue weighted by molar-refractivity contribution is 9.10. The van der Waals surface area contributed by atoms with Gasteiger partial charge in [0.1, 0.15) is 10.7 Å². The molecular weight excluding hydrogens is 344 g/mol. The molecule has 0 spiro atoms. The fourth-order valence-corrected chi connectivity index (χ4v) is 4.89. The topological polar surface area (TPSA) is 88.3 Å². The molecule has 0 aliphatic carbocycles. The summed E-state index contributed by atoms with van der Waals surface area (Å²) in [5.41, 5.74) is 5.70. The summed E-state index contributed by atoms with van der Waals surface area (Å²) >= 11 is 3.23. The second-order valence-corrected chi connectivity index (χ2v) is 8.00. The highest BCUT2D eigenvalue weighted by atomic mass is 79.9. The molecule has 110 valence electrons. The van der Waals surface area contributed by atoms with E-state index < -0.39 is 10.0 Å². The van der Waals surface area contributed by atoms with Crippen LogP contribution in [0.5, 0.6) is 0 Å². The molecule has 0 radical (unpaired) electrons. The number of rotatable bonds is 3. The van der Waals surface area contributed by atoms with Gasteiger partial charge in [-0.05, 0) is 53.8 Å². The first-order chi connectivity index (χ1) is 9.45. The monoisotopic (exact) mass is 360 g/mol. The van der Waals surface area contributed by atoms with Crippen molar-refractivity contribution in [1.29, 1.82) is 0 Å². The molecule has 1 aromatic heterocycles. The summed E-state index contributed by atoms with van der Waals surface area (Å²) in [5.74, 6) is 0.457. The second-order valence-electron chi connectivity index (χ2n) is 5.40. The van der Waals surface area contributed by atoms with Gasteiger partial charge in [-0.25, -0.2) is 18.1 Å². The van der Waals surface area contributed by atoms with Crippen LogP contribution in [0.4, 0.5) is 5.82 Å². The van der Waals surface area contributed by atoms with Crippen LogP contribution in [0.1, 0.15) is 12.8 Å². The van der Waals surface area contributed by atoms with Crippen LogP contribution in [-0.2, 0) is 10.0 Å². The third-order valence-corrected chi connectivity index (χ3v) is 6.05. The molecule has 1 aromatic rings. The summed E-state index contributed by atoms with van der Waals surface area (Å²) in [7, 11) is -3.63. The highest BCUT2D eigenvalue weighted by Gasteiger charge is 2.37. The van der Waals surface area contributed by atoms with Crippen molar-refractivity contribution in [2.45, 2.75) is 23.8 Å². The van der Waals surface area contributed by atoms with Gasteiger partial charge < -0.3 is 10.6 Å². The van der Waals surface area contributed by atoms with Crippen molar-refractivity contribution in [1.82, 2.24) is 14.6 Å². The minimum Gasteiger partial charge on any atom is -0.383 e. The van der Waals surface area contributed by atoms with E-state index in [1.54, 1.807) is 0 Å². The van der Waals surface area contributed by atoms with Crippen molar-refractivity contribution in [3.05, 3.63) is 16.7 Å². The molecule has 3 aliphatic rings. The first kappa shape index (κ1) is 14.2. The summed E-state index contributed by atoms with van der Waals surface area (Å²) in [5, 5.41) is 0. The van der Waals surface area contributed by atoms with E-state index in [9.17, 15) is 8.42 Å². The van der Waals surface area contributed by atoms with E-state index in [0.717, 1.165) is 32.5 Å². The molecular formula is C12H17BrN4O2S. The predicted molar refractivity (Wildman–Crippen MR) is 79.6 cm³/mol. The third kappa shape index (κ3) is 2.69. The maximum atomic E-state index is 12.5. The Kier molecular flexibility index (Phi) is 3.74. The molecule has 8 heteroatoms. The van der Waals surface area contributed by atoms with Crippen molar-refractivity contribution in [3.8, 4) is 0 Å². The smallest absolute Gasteiger partial charge is 0.244 e. The molecule has 3 N–H and O–H groups in total. The fraction of sp³-hybridized carbons (Fsp3) is 0.583. The van der Waals surface area contributed by atoms with Gasteiger partial charge in [0.2, 0.25) is 10.0 Å². The maximum Gasteiger partial charge on any atom is 0.244 e. The van der Waals surface area contributed by atoms with Crippen LogP contribution in [0.2, 0.25) is 0 Å². The number of aromatic nitrogens is 1. The van der Waals surface area contributed by atoms with E-state index in [2.05, 4.69) is 30.5 Å². The van der Waals surface area contributed by atoms with Gasteiger partial charge >= 0.3 is 0 Å². The fourth-order valence-electron chi connectivity index (χ4n) is 3.01. The van der Waals surface area contributed by atoms with Crippen molar-refractivity contribution in [3.63, 3.8) is 0 Å². The number of pyridine rings is 1. The Morgan fingerprint density at radius 1 is 1.40 bits per heavy atom. The van der Waals surface area contributed by atoms with Crippen LogP contribution in [0, 0.1) is 5.92 Å². The van der Waals surface area contributed by atoms with E-state index in [1.165, 1.54) is 12.3 Å². The molecule has 3 aliphatic heterocycles. The van der Waals surface area contributed by atoms with E-state index >= 15 is 0 Å². The Labute approximate surface area is 126 Å².